The van der Waals surface area contributed by atoms with Crippen LogP contribution in [0.1, 0.15) is 103 Å². The molecule has 11 rings (SSSR count). The van der Waals surface area contributed by atoms with Crippen LogP contribution < -0.4 is 15.5 Å². The molecule has 1 saturated carbocycles. The summed E-state index contributed by atoms with van der Waals surface area (Å²) in [5, 5.41) is 16.6. The van der Waals surface area contributed by atoms with Crippen LogP contribution in [0.15, 0.2) is 65.7 Å². The first-order chi connectivity index (χ1) is 31.7. The lowest BCUT2D eigenvalue weighted by molar-refractivity contribution is -0.134. The molecule has 17 heteroatoms. The van der Waals surface area contributed by atoms with Crippen molar-refractivity contribution in [3.8, 4) is 11.8 Å². The second kappa shape index (κ2) is 17.3. The number of benzene rings is 2. The van der Waals surface area contributed by atoms with Crippen molar-refractivity contribution in [2.75, 3.05) is 49.6 Å². The summed E-state index contributed by atoms with van der Waals surface area (Å²) in [7, 11) is 0. The van der Waals surface area contributed by atoms with E-state index in [1.165, 1.54) is 10.7 Å². The Bertz CT molecular complexity index is 2860. The van der Waals surface area contributed by atoms with Crippen LogP contribution in [0.3, 0.4) is 0 Å². The molecule has 2 bridgehead atoms. The number of alkyl halides is 2. The number of carbonyl (C=O) groups is 3. The Labute approximate surface area is 372 Å². The lowest BCUT2D eigenvalue weighted by atomic mass is 9.85. The fraction of sp³-hybridized carbons (Fsp3) is 0.458. The van der Waals surface area contributed by atoms with Crippen molar-refractivity contribution < 1.29 is 37.1 Å². The van der Waals surface area contributed by atoms with E-state index in [2.05, 4.69) is 42.5 Å². The van der Waals surface area contributed by atoms with Crippen LogP contribution in [0.2, 0.25) is 0 Å². The van der Waals surface area contributed by atoms with Crippen LogP contribution in [-0.2, 0) is 19.1 Å². The minimum atomic E-state index is -2.85. The first-order valence-electron chi connectivity index (χ1n) is 22.7. The predicted octanol–water partition coefficient (Wildman–Crippen LogP) is 6.78. The molecule has 5 fully saturated rings. The number of morpholine rings is 1. The van der Waals surface area contributed by atoms with Crippen molar-refractivity contribution in [1.82, 2.24) is 34.6 Å². The van der Waals surface area contributed by atoms with E-state index >= 15 is 0 Å². The number of nitrogens with one attached hydrogen (secondary N) is 2. The molecule has 3 amide bonds. The highest BCUT2D eigenvalue weighted by Gasteiger charge is 2.40. The Morgan fingerprint density at radius 3 is 2.68 bits per heavy atom. The molecule has 0 radical (unpaired) electrons. The van der Waals surface area contributed by atoms with Gasteiger partial charge in [0.1, 0.15) is 23.6 Å². The second-order valence-corrected chi connectivity index (χ2v) is 18.1. The molecular formula is C48H49F2N9O6. The number of furan rings is 1. The maximum absolute atomic E-state index is 14.3. The second-order valence-electron chi connectivity index (χ2n) is 18.1. The maximum Gasteiger partial charge on any atom is 0.284 e. The number of carbonyl (C=O) groups excluding carboxylic acids is 3. The summed E-state index contributed by atoms with van der Waals surface area (Å²) in [5.74, 6) is 6.16. The van der Waals surface area contributed by atoms with Crippen LogP contribution in [0, 0.1) is 17.8 Å². The fourth-order valence-corrected chi connectivity index (χ4v) is 10.6. The van der Waals surface area contributed by atoms with Crippen LogP contribution in [0.25, 0.3) is 27.4 Å². The van der Waals surface area contributed by atoms with Gasteiger partial charge in [-0.3, -0.25) is 24.4 Å². The lowest BCUT2D eigenvalue weighted by Gasteiger charge is -2.36. The molecule has 4 saturated heterocycles. The van der Waals surface area contributed by atoms with E-state index in [0.29, 0.717) is 43.2 Å². The zero-order chi connectivity index (χ0) is 44.2. The topological polar surface area (TPSA) is 161 Å². The van der Waals surface area contributed by atoms with Gasteiger partial charge in [0.15, 0.2) is 11.3 Å². The van der Waals surface area contributed by atoms with Crippen molar-refractivity contribution in [3.63, 3.8) is 0 Å². The molecule has 2 aromatic carbocycles. The third-order valence-corrected chi connectivity index (χ3v) is 14.1. The summed E-state index contributed by atoms with van der Waals surface area (Å²) in [6, 6.07) is 12.0. The normalized spacial score (nSPS) is 24.0. The molecule has 6 aromatic rings. The first-order valence-corrected chi connectivity index (χ1v) is 22.7. The van der Waals surface area contributed by atoms with Crippen molar-refractivity contribution in [1.29, 1.82) is 0 Å². The molecule has 2 N–H and O–H groups in total. The van der Waals surface area contributed by atoms with E-state index in [1.807, 2.05) is 36.4 Å². The standard InChI is InChI=1S/C48H49F2N9O6/c49-45(50)44-39(52-48(62)37-22-51-58-18-15-41(53-46(37)58)57-24-34-21-32(57)26-64-34)25-59(55-44)31-7-3-29(4-8-31)23-56-16-13-33(14-17-56)63-19-1-2-28-5-9-35-30(20-28)6-11-40-43(35)38(27-65-40)36-10-12-42(60)54-47(36)61/h5-6,9,11,15,18,20,22,25,27,29,31-34,36,45H,3-4,7-8,10,12-14,16-17,19,21,23-24,26H2,(H,52,62)(H,54,60,61)/t29?,31?,32-,34-,36-/m1/s1. The van der Waals surface area contributed by atoms with Gasteiger partial charge < -0.3 is 29.0 Å². The Kier molecular flexibility index (Phi) is 11.0. The van der Waals surface area contributed by atoms with Crippen LogP contribution >= 0.6 is 0 Å². The average Bonchev–Trinajstić information content (AvgIpc) is 4.18. The number of aromatic nitrogens is 5. The van der Waals surface area contributed by atoms with Crippen molar-refractivity contribution in [2.45, 2.75) is 94.4 Å². The Morgan fingerprint density at radius 1 is 1.03 bits per heavy atom. The third kappa shape index (κ3) is 8.23. The van der Waals surface area contributed by atoms with Crippen molar-refractivity contribution in [2.24, 2.45) is 5.92 Å². The average molecular weight is 886 g/mol. The monoisotopic (exact) mass is 885 g/mol. The minimum Gasteiger partial charge on any atom is -0.464 e. The molecule has 65 heavy (non-hydrogen) atoms. The highest BCUT2D eigenvalue weighted by molar-refractivity contribution is 6.11. The number of imide groups is 1. The van der Waals surface area contributed by atoms with Gasteiger partial charge in [-0.1, -0.05) is 24.0 Å². The van der Waals surface area contributed by atoms with Crippen LogP contribution in [0.5, 0.6) is 0 Å². The highest BCUT2D eigenvalue weighted by atomic mass is 19.3. The highest BCUT2D eigenvalue weighted by Crippen LogP contribution is 2.39. The predicted molar refractivity (Wildman–Crippen MR) is 236 cm³/mol. The number of piperidine rings is 2. The Balaban J connectivity index is 0.647. The number of likely N-dealkylation sites (tertiary alicyclic amines) is 1. The van der Waals surface area contributed by atoms with Crippen molar-refractivity contribution >= 4 is 56.6 Å². The van der Waals surface area contributed by atoms with Crippen LogP contribution in [-0.4, -0.2) is 105 Å². The van der Waals surface area contributed by atoms with Crippen LogP contribution in [0.4, 0.5) is 20.3 Å². The van der Waals surface area contributed by atoms with Gasteiger partial charge in [0, 0.05) is 61.5 Å². The summed E-state index contributed by atoms with van der Waals surface area (Å²) < 4.78 is 49.5. The molecule has 0 spiro atoms. The molecule has 15 nitrogen and oxygen atoms in total. The smallest absolute Gasteiger partial charge is 0.284 e. The molecule has 336 valence electrons. The van der Waals surface area contributed by atoms with E-state index in [9.17, 15) is 23.2 Å². The van der Waals surface area contributed by atoms with Gasteiger partial charge in [-0.15, -0.1) is 0 Å². The zero-order valence-electron chi connectivity index (χ0n) is 35.8. The van der Waals surface area contributed by atoms with Crippen molar-refractivity contribution in [3.05, 3.63) is 83.6 Å². The number of rotatable bonds is 10. The maximum atomic E-state index is 14.3. The number of amides is 3. The largest absolute Gasteiger partial charge is 0.464 e. The summed E-state index contributed by atoms with van der Waals surface area (Å²) in [4.78, 5) is 47.3. The van der Waals surface area contributed by atoms with E-state index < -0.39 is 23.9 Å². The molecule has 0 unspecified atom stereocenters. The van der Waals surface area contributed by atoms with Gasteiger partial charge >= 0.3 is 0 Å². The number of nitrogens with zero attached hydrogens (tertiary/aromatic N) is 7. The van der Waals surface area contributed by atoms with E-state index in [1.54, 1.807) is 23.3 Å². The molecule has 4 aromatic heterocycles. The van der Waals surface area contributed by atoms with E-state index in [4.69, 9.17) is 18.9 Å². The number of hydrogen-bond donors (Lipinski definition) is 2. The number of anilines is 2. The van der Waals surface area contributed by atoms with Gasteiger partial charge in [0.2, 0.25) is 11.8 Å². The SMILES string of the molecule is O=C1CC[C@H](c2coc3ccc4cc(C#CCOC5CCN(CC6CCC(n7cc(NC(=O)c8cnn9ccc(N%10C[C@H]%11C[C@@H]%10CO%11)nc89)c(C(F)F)n7)CC6)CC5)ccc4c23)C(=O)N1. The van der Waals surface area contributed by atoms with Gasteiger partial charge in [0.25, 0.3) is 12.3 Å². The Hall–Kier alpha value is -6.22. The number of halogens is 2. The minimum absolute atomic E-state index is 0.00116. The fourth-order valence-electron chi connectivity index (χ4n) is 10.6. The molecule has 5 aliphatic rings. The zero-order valence-corrected chi connectivity index (χ0v) is 35.8. The molecular weight excluding hydrogens is 837 g/mol. The summed E-state index contributed by atoms with van der Waals surface area (Å²) in [6.07, 6.45) is 11.0. The molecule has 4 aliphatic heterocycles. The van der Waals surface area contributed by atoms with E-state index in [-0.39, 0.29) is 47.4 Å². The van der Waals surface area contributed by atoms with Gasteiger partial charge in [-0.2, -0.15) is 10.2 Å². The molecule has 3 atom stereocenters. The molecule has 1 aliphatic carbocycles. The van der Waals surface area contributed by atoms with Gasteiger partial charge in [-0.25, -0.2) is 18.3 Å². The summed E-state index contributed by atoms with van der Waals surface area (Å²) >= 11 is 0. The number of hydrogen-bond acceptors (Lipinski definition) is 11. The number of ether oxygens (including phenoxy) is 2. The number of fused-ring (bicyclic) bond motifs is 6. The third-order valence-electron chi connectivity index (χ3n) is 14.1. The lowest BCUT2D eigenvalue weighted by Crippen LogP contribution is -2.40. The van der Waals surface area contributed by atoms with E-state index in [0.717, 1.165) is 104 Å². The van der Waals surface area contributed by atoms with Gasteiger partial charge in [-0.05, 0) is 92.3 Å². The Morgan fingerprint density at radius 2 is 1.89 bits per heavy atom. The van der Waals surface area contributed by atoms with Gasteiger partial charge in [0.05, 0.1) is 55.0 Å². The quantitative estimate of drug-likeness (QED) is 0.110. The summed E-state index contributed by atoms with van der Waals surface area (Å²) in [5.41, 5.74) is 2.49. The molecule has 8 heterocycles. The first kappa shape index (κ1) is 41.5. The summed E-state index contributed by atoms with van der Waals surface area (Å²) in [6.45, 7) is 4.62.